The van der Waals surface area contributed by atoms with E-state index in [1.807, 2.05) is 6.92 Å². The molecular weight excluding hydrogens is 268 g/mol. The molecule has 2 amide bonds. The minimum absolute atomic E-state index is 0.00875. The average Bonchev–Trinajstić information content (AvgIpc) is 2.37. The first-order valence-corrected chi connectivity index (χ1v) is 6.30. The van der Waals surface area contributed by atoms with Crippen molar-refractivity contribution in [3.8, 4) is 0 Å². The molecule has 0 spiro atoms. The SMILES string of the molecule is CCC1C(=O)NC(=O)CN1c1c(Cl)cccc1C=O. The summed E-state index contributed by atoms with van der Waals surface area (Å²) >= 11 is 6.12. The Balaban J connectivity index is 2.51. The van der Waals surface area contributed by atoms with Crippen LogP contribution in [0.15, 0.2) is 18.2 Å². The molecule has 1 aliphatic heterocycles. The number of carbonyl (C=O) groups is 3. The van der Waals surface area contributed by atoms with Gasteiger partial charge >= 0.3 is 0 Å². The number of piperazine rings is 1. The zero-order valence-corrected chi connectivity index (χ0v) is 11.1. The van der Waals surface area contributed by atoms with Crippen molar-refractivity contribution in [1.82, 2.24) is 5.32 Å². The molecule has 1 aromatic rings. The third kappa shape index (κ3) is 2.46. The molecule has 1 unspecified atom stereocenters. The molecule has 100 valence electrons. The fourth-order valence-electron chi connectivity index (χ4n) is 2.24. The van der Waals surface area contributed by atoms with Gasteiger partial charge in [0.15, 0.2) is 6.29 Å². The predicted octanol–water partition coefficient (Wildman–Crippen LogP) is 1.39. The Bertz CT molecular complexity index is 545. The molecule has 1 N–H and O–H groups in total. The smallest absolute Gasteiger partial charge is 0.249 e. The Hall–Kier alpha value is -1.88. The molecule has 0 saturated carbocycles. The highest BCUT2D eigenvalue weighted by Gasteiger charge is 2.34. The monoisotopic (exact) mass is 280 g/mol. The fraction of sp³-hybridized carbons (Fsp3) is 0.308. The van der Waals surface area contributed by atoms with Crippen molar-refractivity contribution in [2.45, 2.75) is 19.4 Å². The number of imide groups is 1. The molecule has 2 rings (SSSR count). The molecule has 0 aromatic heterocycles. The van der Waals surface area contributed by atoms with Gasteiger partial charge < -0.3 is 4.90 Å². The molecule has 1 aromatic carbocycles. The van der Waals surface area contributed by atoms with E-state index in [0.717, 1.165) is 0 Å². The van der Waals surface area contributed by atoms with E-state index in [9.17, 15) is 14.4 Å². The fourth-order valence-corrected chi connectivity index (χ4v) is 2.53. The summed E-state index contributed by atoms with van der Waals surface area (Å²) in [6.07, 6.45) is 1.19. The second-order valence-electron chi connectivity index (χ2n) is 4.26. The van der Waals surface area contributed by atoms with Crippen LogP contribution in [0, 0.1) is 0 Å². The van der Waals surface area contributed by atoms with Crippen LogP contribution in [0.5, 0.6) is 0 Å². The van der Waals surface area contributed by atoms with Crippen molar-refractivity contribution in [2.75, 3.05) is 11.4 Å². The molecule has 0 aliphatic carbocycles. The van der Waals surface area contributed by atoms with Gasteiger partial charge in [-0.25, -0.2) is 0 Å². The molecule has 1 atom stereocenters. The topological polar surface area (TPSA) is 66.5 Å². The zero-order valence-electron chi connectivity index (χ0n) is 10.4. The number of hydrogen-bond acceptors (Lipinski definition) is 4. The molecule has 1 heterocycles. The van der Waals surface area contributed by atoms with E-state index in [0.29, 0.717) is 29.0 Å². The number of anilines is 1. The summed E-state index contributed by atoms with van der Waals surface area (Å²) in [6.45, 7) is 1.85. The normalized spacial score (nSPS) is 19.3. The first-order chi connectivity index (χ1) is 9.08. The summed E-state index contributed by atoms with van der Waals surface area (Å²) < 4.78 is 0. The van der Waals surface area contributed by atoms with Gasteiger partial charge in [0.1, 0.15) is 6.04 Å². The highest BCUT2D eigenvalue weighted by molar-refractivity contribution is 6.34. The number of amides is 2. The minimum Gasteiger partial charge on any atom is -0.348 e. The summed E-state index contributed by atoms with van der Waals surface area (Å²) in [5.74, 6) is -0.762. The van der Waals surface area contributed by atoms with E-state index in [2.05, 4.69) is 5.32 Å². The van der Waals surface area contributed by atoms with Gasteiger partial charge in [-0.15, -0.1) is 0 Å². The maximum atomic E-state index is 11.8. The van der Waals surface area contributed by atoms with Crippen molar-refractivity contribution in [2.24, 2.45) is 0 Å². The lowest BCUT2D eigenvalue weighted by Gasteiger charge is -2.36. The molecule has 0 bridgehead atoms. The quantitative estimate of drug-likeness (QED) is 0.671. The lowest BCUT2D eigenvalue weighted by atomic mass is 10.1. The zero-order chi connectivity index (χ0) is 14.0. The van der Waals surface area contributed by atoms with E-state index in [1.54, 1.807) is 23.1 Å². The number of para-hydroxylation sites is 1. The highest BCUT2D eigenvalue weighted by Crippen LogP contribution is 2.31. The standard InChI is InChI=1S/C13H13ClN2O3/c1-2-10-13(19)15-11(18)6-16(10)12-8(7-17)4-3-5-9(12)14/h3-5,7,10H,2,6H2,1H3,(H,15,18,19). The van der Waals surface area contributed by atoms with Gasteiger partial charge in [0.2, 0.25) is 11.8 Å². The summed E-state index contributed by atoms with van der Waals surface area (Å²) in [5.41, 5.74) is 0.808. The highest BCUT2D eigenvalue weighted by atomic mass is 35.5. The molecule has 5 nitrogen and oxygen atoms in total. The molecule has 1 fully saturated rings. The number of nitrogens with zero attached hydrogens (tertiary/aromatic N) is 1. The van der Waals surface area contributed by atoms with Crippen molar-refractivity contribution < 1.29 is 14.4 Å². The Kier molecular flexibility index (Phi) is 3.85. The maximum absolute atomic E-state index is 11.8. The van der Waals surface area contributed by atoms with E-state index in [1.165, 1.54) is 0 Å². The van der Waals surface area contributed by atoms with Crippen LogP contribution in [0.1, 0.15) is 23.7 Å². The first-order valence-electron chi connectivity index (χ1n) is 5.92. The third-order valence-electron chi connectivity index (χ3n) is 3.07. The van der Waals surface area contributed by atoms with Crippen molar-refractivity contribution in [1.29, 1.82) is 0 Å². The maximum Gasteiger partial charge on any atom is 0.249 e. The van der Waals surface area contributed by atoms with Crippen molar-refractivity contribution in [3.63, 3.8) is 0 Å². The number of carbonyl (C=O) groups excluding carboxylic acids is 3. The van der Waals surface area contributed by atoms with Crippen LogP contribution in [-0.2, 0) is 9.59 Å². The second kappa shape index (κ2) is 5.40. The Morgan fingerprint density at radius 2 is 2.21 bits per heavy atom. The second-order valence-corrected chi connectivity index (χ2v) is 4.67. The molecule has 1 aliphatic rings. The van der Waals surface area contributed by atoms with Crippen LogP contribution in [0.4, 0.5) is 5.69 Å². The average molecular weight is 281 g/mol. The van der Waals surface area contributed by atoms with Gasteiger partial charge in [0, 0.05) is 5.56 Å². The third-order valence-corrected chi connectivity index (χ3v) is 3.38. The van der Waals surface area contributed by atoms with E-state index in [-0.39, 0.29) is 12.5 Å². The lowest BCUT2D eigenvalue weighted by molar-refractivity contribution is -0.132. The number of benzene rings is 1. The minimum atomic E-state index is -0.503. The first kappa shape index (κ1) is 13.5. The van der Waals surface area contributed by atoms with Crippen LogP contribution >= 0.6 is 11.6 Å². The van der Waals surface area contributed by atoms with Crippen molar-refractivity contribution in [3.05, 3.63) is 28.8 Å². The van der Waals surface area contributed by atoms with E-state index in [4.69, 9.17) is 11.6 Å². The predicted molar refractivity (Wildman–Crippen MR) is 71.4 cm³/mol. The number of hydrogen-bond donors (Lipinski definition) is 1. The van der Waals surface area contributed by atoms with Gasteiger partial charge in [-0.1, -0.05) is 24.6 Å². The summed E-state index contributed by atoms with van der Waals surface area (Å²) in [7, 11) is 0. The van der Waals surface area contributed by atoms with Crippen LogP contribution in [-0.4, -0.2) is 30.7 Å². The lowest BCUT2D eigenvalue weighted by Crippen LogP contribution is -2.58. The molecule has 1 saturated heterocycles. The summed E-state index contributed by atoms with van der Waals surface area (Å²) in [4.78, 5) is 36.0. The molecule has 0 radical (unpaired) electrons. The Labute approximate surface area is 115 Å². The van der Waals surface area contributed by atoms with E-state index >= 15 is 0 Å². The number of aldehydes is 1. The summed E-state index contributed by atoms with van der Waals surface area (Å²) in [5, 5.41) is 2.64. The van der Waals surface area contributed by atoms with Crippen LogP contribution in [0.25, 0.3) is 0 Å². The van der Waals surface area contributed by atoms with Gasteiger partial charge in [0.05, 0.1) is 17.3 Å². The van der Waals surface area contributed by atoms with Crippen molar-refractivity contribution >= 4 is 35.4 Å². The summed E-state index contributed by atoms with van der Waals surface area (Å²) in [6, 6.07) is 4.39. The van der Waals surface area contributed by atoms with Gasteiger partial charge in [-0.3, -0.25) is 19.7 Å². The Morgan fingerprint density at radius 1 is 1.47 bits per heavy atom. The largest absolute Gasteiger partial charge is 0.348 e. The molecular formula is C13H13ClN2O3. The molecule has 6 heteroatoms. The van der Waals surface area contributed by atoms with Crippen LogP contribution in [0.2, 0.25) is 5.02 Å². The number of nitrogens with one attached hydrogen (secondary N) is 1. The van der Waals surface area contributed by atoms with Gasteiger partial charge in [-0.05, 0) is 18.6 Å². The Morgan fingerprint density at radius 3 is 2.84 bits per heavy atom. The van der Waals surface area contributed by atoms with Crippen LogP contribution in [0.3, 0.4) is 0 Å². The number of halogens is 1. The number of rotatable bonds is 3. The van der Waals surface area contributed by atoms with Crippen LogP contribution < -0.4 is 10.2 Å². The van der Waals surface area contributed by atoms with Gasteiger partial charge in [-0.2, -0.15) is 0 Å². The molecule has 19 heavy (non-hydrogen) atoms. The van der Waals surface area contributed by atoms with Gasteiger partial charge in [0.25, 0.3) is 0 Å². The van der Waals surface area contributed by atoms with E-state index < -0.39 is 11.9 Å².